The molecule has 1 rings (SSSR count). The van der Waals surface area contributed by atoms with Crippen LogP contribution < -0.4 is 10.2 Å². The Morgan fingerprint density at radius 2 is 2.18 bits per heavy atom. The second-order valence-electron chi connectivity index (χ2n) is 4.33. The molecular formula is C14H23N3. The molecule has 1 aromatic heterocycles. The first-order valence-corrected chi connectivity index (χ1v) is 6.10. The monoisotopic (exact) mass is 233 g/mol. The van der Waals surface area contributed by atoms with E-state index in [0.717, 1.165) is 31.1 Å². The lowest BCUT2D eigenvalue weighted by molar-refractivity contribution is 0.717. The zero-order chi connectivity index (χ0) is 12.8. The van der Waals surface area contributed by atoms with E-state index in [2.05, 4.69) is 48.7 Å². The largest absolute Gasteiger partial charge is 0.356 e. The number of likely N-dealkylation sites (N-methyl/N-ethyl adjacent to an activating group) is 1. The Kier molecular flexibility index (Phi) is 5.16. The number of hydrogen-bond donors (Lipinski definition) is 1. The van der Waals surface area contributed by atoms with Gasteiger partial charge >= 0.3 is 0 Å². The number of aromatic nitrogens is 1. The Hall–Kier alpha value is -1.35. The Morgan fingerprint density at radius 1 is 1.47 bits per heavy atom. The van der Waals surface area contributed by atoms with Gasteiger partial charge in [-0.3, -0.25) is 0 Å². The third-order valence-corrected chi connectivity index (χ3v) is 2.77. The van der Waals surface area contributed by atoms with Crippen LogP contribution in [0.3, 0.4) is 0 Å². The molecule has 0 fully saturated rings. The lowest BCUT2D eigenvalue weighted by atomic mass is 10.1. The maximum absolute atomic E-state index is 4.64. The van der Waals surface area contributed by atoms with Gasteiger partial charge in [0, 0.05) is 31.4 Å². The van der Waals surface area contributed by atoms with Gasteiger partial charge in [0.15, 0.2) is 0 Å². The Bertz CT molecular complexity index is 385. The summed E-state index contributed by atoms with van der Waals surface area (Å²) in [6.07, 6.45) is 1.90. The quantitative estimate of drug-likeness (QED) is 0.765. The minimum Gasteiger partial charge on any atom is -0.356 e. The summed E-state index contributed by atoms with van der Waals surface area (Å²) in [5.74, 6) is 1.06. The topological polar surface area (TPSA) is 28.2 Å². The van der Waals surface area contributed by atoms with Gasteiger partial charge in [-0.1, -0.05) is 13.0 Å². The van der Waals surface area contributed by atoms with Gasteiger partial charge in [-0.05, 0) is 32.0 Å². The SMILES string of the molecule is C=CCN(C)c1nc(C)cc(C)c1CNCC. The minimum atomic E-state index is 0.815. The molecule has 0 saturated heterocycles. The Morgan fingerprint density at radius 3 is 2.76 bits per heavy atom. The smallest absolute Gasteiger partial charge is 0.133 e. The fourth-order valence-corrected chi connectivity index (χ4v) is 1.91. The summed E-state index contributed by atoms with van der Waals surface area (Å²) in [7, 11) is 2.05. The van der Waals surface area contributed by atoms with Crippen LogP contribution in [-0.4, -0.2) is 25.1 Å². The van der Waals surface area contributed by atoms with E-state index in [9.17, 15) is 0 Å². The molecule has 1 heterocycles. The van der Waals surface area contributed by atoms with E-state index in [-0.39, 0.29) is 0 Å². The number of rotatable bonds is 6. The number of nitrogens with one attached hydrogen (secondary N) is 1. The van der Waals surface area contributed by atoms with Crippen LogP contribution in [0.2, 0.25) is 0 Å². The zero-order valence-corrected chi connectivity index (χ0v) is 11.4. The van der Waals surface area contributed by atoms with Crippen molar-refractivity contribution in [3.8, 4) is 0 Å². The zero-order valence-electron chi connectivity index (χ0n) is 11.4. The van der Waals surface area contributed by atoms with E-state index in [1.807, 2.05) is 13.0 Å². The summed E-state index contributed by atoms with van der Waals surface area (Å²) in [4.78, 5) is 6.78. The fraction of sp³-hybridized carbons (Fsp3) is 0.500. The lowest BCUT2D eigenvalue weighted by Crippen LogP contribution is -2.23. The highest BCUT2D eigenvalue weighted by Crippen LogP contribution is 2.21. The highest BCUT2D eigenvalue weighted by atomic mass is 15.2. The summed E-state index contributed by atoms with van der Waals surface area (Å²) < 4.78 is 0. The van der Waals surface area contributed by atoms with Crippen molar-refractivity contribution in [1.82, 2.24) is 10.3 Å². The van der Waals surface area contributed by atoms with Crippen LogP contribution in [0.1, 0.15) is 23.7 Å². The van der Waals surface area contributed by atoms with E-state index in [0.29, 0.717) is 0 Å². The predicted molar refractivity (Wildman–Crippen MR) is 74.6 cm³/mol. The van der Waals surface area contributed by atoms with Crippen LogP contribution in [0.15, 0.2) is 18.7 Å². The van der Waals surface area contributed by atoms with Gasteiger partial charge in [0.25, 0.3) is 0 Å². The molecule has 0 spiro atoms. The first-order chi connectivity index (χ1) is 8.10. The molecule has 1 N–H and O–H groups in total. The molecule has 0 amide bonds. The average Bonchev–Trinajstić information content (AvgIpc) is 2.27. The minimum absolute atomic E-state index is 0.815. The molecule has 0 aliphatic carbocycles. The van der Waals surface area contributed by atoms with Gasteiger partial charge in [-0.25, -0.2) is 4.98 Å². The molecule has 0 unspecified atom stereocenters. The molecule has 3 heteroatoms. The van der Waals surface area contributed by atoms with Crippen molar-refractivity contribution in [2.45, 2.75) is 27.3 Å². The molecule has 0 aromatic carbocycles. The van der Waals surface area contributed by atoms with Crippen molar-refractivity contribution in [3.63, 3.8) is 0 Å². The van der Waals surface area contributed by atoms with Gasteiger partial charge < -0.3 is 10.2 Å². The van der Waals surface area contributed by atoms with Crippen molar-refractivity contribution in [2.75, 3.05) is 25.0 Å². The van der Waals surface area contributed by atoms with Crippen LogP contribution in [-0.2, 0) is 6.54 Å². The van der Waals surface area contributed by atoms with Crippen LogP contribution in [0.5, 0.6) is 0 Å². The van der Waals surface area contributed by atoms with Crippen molar-refractivity contribution in [3.05, 3.63) is 35.5 Å². The Balaban J connectivity index is 3.09. The molecule has 0 aliphatic heterocycles. The normalized spacial score (nSPS) is 10.4. The maximum Gasteiger partial charge on any atom is 0.133 e. The van der Waals surface area contributed by atoms with E-state index < -0.39 is 0 Å². The fourth-order valence-electron chi connectivity index (χ4n) is 1.91. The second-order valence-corrected chi connectivity index (χ2v) is 4.33. The molecule has 0 aliphatic rings. The van der Waals surface area contributed by atoms with E-state index in [1.165, 1.54) is 11.1 Å². The van der Waals surface area contributed by atoms with Crippen molar-refractivity contribution < 1.29 is 0 Å². The van der Waals surface area contributed by atoms with E-state index in [4.69, 9.17) is 0 Å². The third-order valence-electron chi connectivity index (χ3n) is 2.77. The van der Waals surface area contributed by atoms with Gasteiger partial charge in [-0.15, -0.1) is 6.58 Å². The molecule has 0 bridgehead atoms. The first kappa shape index (κ1) is 13.7. The van der Waals surface area contributed by atoms with Gasteiger partial charge in [0.1, 0.15) is 5.82 Å². The molecule has 0 atom stereocenters. The second kappa shape index (κ2) is 6.40. The van der Waals surface area contributed by atoms with Crippen molar-refractivity contribution in [2.24, 2.45) is 0 Å². The number of anilines is 1. The van der Waals surface area contributed by atoms with Crippen LogP contribution >= 0.6 is 0 Å². The van der Waals surface area contributed by atoms with E-state index in [1.54, 1.807) is 0 Å². The predicted octanol–water partition coefficient (Wildman–Crippen LogP) is 2.43. The highest BCUT2D eigenvalue weighted by molar-refractivity contribution is 5.51. The van der Waals surface area contributed by atoms with Gasteiger partial charge in [-0.2, -0.15) is 0 Å². The van der Waals surface area contributed by atoms with Crippen LogP contribution in [0.4, 0.5) is 5.82 Å². The third kappa shape index (κ3) is 3.56. The summed E-state index contributed by atoms with van der Waals surface area (Å²) in [6, 6.07) is 2.14. The van der Waals surface area contributed by atoms with Crippen LogP contribution in [0, 0.1) is 13.8 Å². The molecular weight excluding hydrogens is 210 g/mol. The first-order valence-electron chi connectivity index (χ1n) is 6.10. The average molecular weight is 233 g/mol. The molecule has 0 radical (unpaired) electrons. The summed E-state index contributed by atoms with van der Waals surface area (Å²) >= 11 is 0. The van der Waals surface area contributed by atoms with Gasteiger partial charge in [0.05, 0.1) is 0 Å². The van der Waals surface area contributed by atoms with Crippen molar-refractivity contribution in [1.29, 1.82) is 0 Å². The molecule has 17 heavy (non-hydrogen) atoms. The summed E-state index contributed by atoms with van der Waals surface area (Å²) in [6.45, 7) is 12.7. The number of aryl methyl sites for hydroxylation is 2. The van der Waals surface area contributed by atoms with E-state index >= 15 is 0 Å². The summed E-state index contributed by atoms with van der Waals surface area (Å²) in [5, 5.41) is 3.37. The molecule has 94 valence electrons. The molecule has 3 nitrogen and oxygen atoms in total. The van der Waals surface area contributed by atoms with Crippen LogP contribution in [0.25, 0.3) is 0 Å². The number of pyridine rings is 1. The molecule has 1 aromatic rings. The Labute approximate surface area is 105 Å². The molecule has 0 saturated carbocycles. The number of nitrogens with zero attached hydrogens (tertiary/aromatic N) is 2. The van der Waals surface area contributed by atoms with Crippen molar-refractivity contribution >= 4 is 5.82 Å². The lowest BCUT2D eigenvalue weighted by Gasteiger charge is -2.22. The summed E-state index contributed by atoms with van der Waals surface area (Å²) in [5.41, 5.74) is 3.64. The highest BCUT2D eigenvalue weighted by Gasteiger charge is 2.11. The number of hydrogen-bond acceptors (Lipinski definition) is 3. The standard InChI is InChI=1S/C14H23N3/c1-6-8-17(5)14-13(10-15-7-2)11(3)9-12(4)16-14/h6,9,15H,1,7-8,10H2,2-5H3. The van der Waals surface area contributed by atoms with Gasteiger partial charge in [0.2, 0.25) is 0 Å². The maximum atomic E-state index is 4.64.